The zero-order chi connectivity index (χ0) is 19.8. The van der Waals surface area contributed by atoms with Crippen molar-refractivity contribution in [2.75, 3.05) is 0 Å². The summed E-state index contributed by atoms with van der Waals surface area (Å²) in [5.41, 5.74) is 5.11. The molecular formula is C19H18F3N3O2. The highest BCUT2D eigenvalue weighted by molar-refractivity contribution is 5.95. The number of alkyl halides is 3. The average Bonchev–Trinajstić information content (AvgIpc) is 3.46. The maximum atomic E-state index is 13.0. The fourth-order valence-corrected chi connectivity index (χ4v) is 2.94. The Morgan fingerprint density at radius 2 is 1.93 bits per heavy atom. The van der Waals surface area contributed by atoms with Crippen LogP contribution in [0.25, 0.3) is 0 Å². The van der Waals surface area contributed by atoms with E-state index in [1.807, 2.05) is 0 Å². The summed E-state index contributed by atoms with van der Waals surface area (Å²) in [6.45, 7) is 1.70. The maximum Gasteiger partial charge on any atom is 0.416 e. The number of nitrogens with two attached hydrogens (primary N) is 1. The molecule has 0 bridgehead atoms. The van der Waals surface area contributed by atoms with Crippen molar-refractivity contribution in [2.24, 2.45) is 5.73 Å². The first-order valence-corrected chi connectivity index (χ1v) is 8.44. The smallest absolute Gasteiger partial charge is 0.366 e. The number of amides is 2. The first-order chi connectivity index (χ1) is 12.7. The van der Waals surface area contributed by atoms with Crippen LogP contribution in [0.15, 0.2) is 42.6 Å². The largest absolute Gasteiger partial charge is 0.416 e. The molecule has 0 spiro atoms. The number of hydrogen-bond acceptors (Lipinski definition) is 3. The van der Waals surface area contributed by atoms with Crippen molar-refractivity contribution in [2.45, 2.75) is 38.0 Å². The van der Waals surface area contributed by atoms with Gasteiger partial charge in [-0.25, -0.2) is 0 Å². The third-order valence-corrected chi connectivity index (χ3v) is 4.56. The van der Waals surface area contributed by atoms with Crippen LogP contribution in [-0.4, -0.2) is 27.7 Å². The number of pyridine rings is 1. The van der Waals surface area contributed by atoms with Gasteiger partial charge in [-0.1, -0.05) is 12.1 Å². The molecule has 0 radical (unpaired) electrons. The van der Waals surface area contributed by atoms with Gasteiger partial charge in [0.25, 0.3) is 5.91 Å². The minimum Gasteiger partial charge on any atom is -0.366 e. The van der Waals surface area contributed by atoms with Gasteiger partial charge in [-0.2, -0.15) is 13.2 Å². The zero-order valence-electron chi connectivity index (χ0n) is 14.5. The molecule has 2 aromatic rings. The summed E-state index contributed by atoms with van der Waals surface area (Å²) in [7, 11) is 0. The summed E-state index contributed by atoms with van der Waals surface area (Å²) in [6, 6.07) is 7.19. The first kappa shape index (κ1) is 18.9. The number of nitrogens with zero attached hydrogens (tertiary/aromatic N) is 2. The topological polar surface area (TPSA) is 76.3 Å². The number of hydrogen-bond donors (Lipinski definition) is 1. The molecular weight excluding hydrogens is 359 g/mol. The van der Waals surface area contributed by atoms with Gasteiger partial charge in [0.1, 0.15) is 5.69 Å². The third kappa shape index (κ3) is 4.10. The molecule has 27 heavy (non-hydrogen) atoms. The zero-order valence-corrected chi connectivity index (χ0v) is 14.5. The molecule has 1 aromatic heterocycles. The minimum absolute atomic E-state index is 0.0420. The fourth-order valence-electron chi connectivity index (χ4n) is 2.94. The molecule has 5 nitrogen and oxygen atoms in total. The molecule has 2 N–H and O–H groups in total. The number of carbonyl (C=O) groups excluding carboxylic acids is 2. The Balaban J connectivity index is 1.89. The summed E-state index contributed by atoms with van der Waals surface area (Å²) in [5.74, 6) is -1.05. The standard InChI is InChI=1S/C19H18F3N3O2/c1-11(12-3-2-4-14(9-12)19(20,21)22)25(15-6-7-15)18(27)16-8-5-13(10-24-16)17(23)26/h2-5,8-11,15H,6-7H2,1H3,(H2,23,26). The Labute approximate surface area is 154 Å². The molecule has 1 atom stereocenters. The third-order valence-electron chi connectivity index (χ3n) is 4.56. The van der Waals surface area contributed by atoms with E-state index in [-0.39, 0.29) is 17.3 Å². The van der Waals surface area contributed by atoms with E-state index in [1.54, 1.807) is 17.9 Å². The minimum atomic E-state index is -4.45. The van der Waals surface area contributed by atoms with Crippen molar-refractivity contribution in [1.29, 1.82) is 0 Å². The van der Waals surface area contributed by atoms with Crippen molar-refractivity contribution < 1.29 is 22.8 Å². The van der Waals surface area contributed by atoms with Crippen molar-refractivity contribution in [3.8, 4) is 0 Å². The van der Waals surface area contributed by atoms with Gasteiger partial charge in [-0.05, 0) is 49.6 Å². The molecule has 0 saturated heterocycles. The van der Waals surface area contributed by atoms with Crippen LogP contribution in [0, 0.1) is 0 Å². The van der Waals surface area contributed by atoms with Gasteiger partial charge in [-0.15, -0.1) is 0 Å². The van der Waals surface area contributed by atoms with Crippen LogP contribution in [0.1, 0.15) is 57.8 Å². The summed E-state index contributed by atoms with van der Waals surface area (Å²) in [6.07, 6.45) is -1.66. The Bertz CT molecular complexity index is 861. The van der Waals surface area contributed by atoms with E-state index in [2.05, 4.69) is 4.98 Å². The fraction of sp³-hybridized carbons (Fsp3) is 0.316. The molecule has 1 aromatic carbocycles. The molecule has 3 rings (SSSR count). The predicted octanol–water partition coefficient (Wildman–Crippen LogP) is 3.57. The van der Waals surface area contributed by atoms with E-state index in [1.165, 1.54) is 24.4 Å². The van der Waals surface area contributed by atoms with Gasteiger partial charge < -0.3 is 10.6 Å². The summed E-state index contributed by atoms with van der Waals surface area (Å²) in [4.78, 5) is 29.6. The second-order valence-electron chi connectivity index (χ2n) is 6.54. The van der Waals surface area contributed by atoms with E-state index >= 15 is 0 Å². The van der Waals surface area contributed by atoms with Crippen LogP contribution < -0.4 is 5.73 Å². The number of aromatic nitrogens is 1. The van der Waals surface area contributed by atoms with E-state index in [0.29, 0.717) is 5.56 Å². The van der Waals surface area contributed by atoms with Crippen LogP contribution in [-0.2, 0) is 6.18 Å². The average molecular weight is 377 g/mol. The van der Waals surface area contributed by atoms with Crippen molar-refractivity contribution >= 4 is 11.8 Å². The normalized spacial score (nSPS) is 15.3. The van der Waals surface area contributed by atoms with Crippen LogP contribution >= 0.6 is 0 Å². The van der Waals surface area contributed by atoms with E-state index in [9.17, 15) is 22.8 Å². The molecule has 1 aliphatic rings. The number of benzene rings is 1. The van der Waals surface area contributed by atoms with Crippen LogP contribution in [0.4, 0.5) is 13.2 Å². The molecule has 142 valence electrons. The molecule has 1 saturated carbocycles. The lowest BCUT2D eigenvalue weighted by Crippen LogP contribution is -2.36. The highest BCUT2D eigenvalue weighted by Crippen LogP contribution is 2.37. The van der Waals surface area contributed by atoms with Gasteiger partial charge in [0.2, 0.25) is 5.91 Å². The van der Waals surface area contributed by atoms with Gasteiger partial charge in [-0.3, -0.25) is 14.6 Å². The first-order valence-electron chi connectivity index (χ1n) is 8.44. The Morgan fingerprint density at radius 3 is 2.44 bits per heavy atom. The number of carbonyl (C=O) groups is 2. The molecule has 0 aliphatic heterocycles. The molecule has 1 heterocycles. The maximum absolute atomic E-state index is 13.0. The molecule has 2 amide bonds. The van der Waals surface area contributed by atoms with Crippen LogP contribution in [0.2, 0.25) is 0 Å². The van der Waals surface area contributed by atoms with E-state index in [0.717, 1.165) is 25.0 Å². The second kappa shape index (κ2) is 7.02. The summed E-state index contributed by atoms with van der Waals surface area (Å²) < 4.78 is 39.0. The quantitative estimate of drug-likeness (QED) is 0.866. The monoisotopic (exact) mass is 377 g/mol. The van der Waals surface area contributed by atoms with Crippen molar-refractivity contribution in [3.63, 3.8) is 0 Å². The van der Waals surface area contributed by atoms with Crippen LogP contribution in [0.3, 0.4) is 0 Å². The summed E-state index contributed by atoms with van der Waals surface area (Å²) >= 11 is 0. The number of halogens is 3. The Kier molecular flexibility index (Phi) is 4.91. The summed E-state index contributed by atoms with van der Waals surface area (Å²) in [5, 5.41) is 0. The van der Waals surface area contributed by atoms with E-state index in [4.69, 9.17) is 5.73 Å². The van der Waals surface area contributed by atoms with Crippen molar-refractivity contribution in [1.82, 2.24) is 9.88 Å². The lowest BCUT2D eigenvalue weighted by molar-refractivity contribution is -0.137. The Hall–Kier alpha value is -2.90. The van der Waals surface area contributed by atoms with Gasteiger partial charge in [0.05, 0.1) is 17.2 Å². The highest BCUT2D eigenvalue weighted by Gasteiger charge is 2.38. The number of rotatable bonds is 5. The van der Waals surface area contributed by atoms with E-state index < -0.39 is 29.6 Å². The van der Waals surface area contributed by atoms with Gasteiger partial charge >= 0.3 is 6.18 Å². The molecule has 8 heteroatoms. The van der Waals surface area contributed by atoms with Gasteiger partial charge in [0.15, 0.2) is 0 Å². The lowest BCUT2D eigenvalue weighted by Gasteiger charge is -2.30. The molecule has 1 fully saturated rings. The highest BCUT2D eigenvalue weighted by atomic mass is 19.4. The second-order valence-corrected chi connectivity index (χ2v) is 6.54. The molecule has 1 aliphatic carbocycles. The predicted molar refractivity (Wildman–Crippen MR) is 91.8 cm³/mol. The van der Waals surface area contributed by atoms with Gasteiger partial charge in [0, 0.05) is 12.2 Å². The SMILES string of the molecule is CC(c1cccc(C(F)(F)F)c1)N(C(=O)c1ccc(C(N)=O)cn1)C1CC1. The Morgan fingerprint density at radius 1 is 1.22 bits per heavy atom. The lowest BCUT2D eigenvalue weighted by atomic mass is 10.0. The van der Waals surface area contributed by atoms with Crippen LogP contribution in [0.5, 0.6) is 0 Å². The number of primary amides is 1. The van der Waals surface area contributed by atoms with Crippen molar-refractivity contribution in [3.05, 3.63) is 65.0 Å². The molecule has 1 unspecified atom stereocenters.